The van der Waals surface area contributed by atoms with Crippen molar-refractivity contribution in [3.8, 4) is 6.07 Å². The summed E-state index contributed by atoms with van der Waals surface area (Å²) < 4.78 is 56.0. The van der Waals surface area contributed by atoms with Gasteiger partial charge in [-0.05, 0) is 69.5 Å². The van der Waals surface area contributed by atoms with E-state index in [-0.39, 0.29) is 45.8 Å². The predicted octanol–water partition coefficient (Wildman–Crippen LogP) is 5.59. The SMILES string of the molecule is CC1(C)OB(c2ccc(C(C(=O)[C@@H]3CCC(=O)N3c3cc(C#N)ccn3)[C@H](C(=O)NC3CC(F)(F)C3)c3ccccc3Cl)cc2F)OC1(C)C. The van der Waals surface area contributed by atoms with Crippen molar-refractivity contribution in [2.24, 2.45) is 0 Å². The Balaban J connectivity index is 1.46. The Morgan fingerprint density at radius 2 is 1.74 bits per heavy atom. The standard InChI is InChI=1S/C36H35BClF3N4O5/c1-34(2)35(3,4)50-37(49-34)24-10-9-21(16-26(24)39)30(32(47)27-11-12-29(46)45(27)28-15-20(19-42)13-14-43-28)31(23-7-5-6-8-25(23)38)33(48)44-22-17-36(40,41)18-22/h5-10,13-16,22,27,30-31H,11-12,17-18H2,1-4H3,(H,44,48)/t27-,30?,31+/m0/s1. The number of carbonyl (C=O) groups excluding carboxylic acids is 3. The molecule has 3 aromatic rings. The molecule has 14 heteroatoms. The zero-order valence-electron chi connectivity index (χ0n) is 27.9. The van der Waals surface area contributed by atoms with E-state index in [4.69, 9.17) is 20.9 Å². The van der Waals surface area contributed by atoms with Gasteiger partial charge in [0, 0.05) is 42.0 Å². The smallest absolute Gasteiger partial charge is 0.399 e. The minimum absolute atomic E-state index is 0.0308. The van der Waals surface area contributed by atoms with Gasteiger partial charge in [-0.3, -0.25) is 19.3 Å². The summed E-state index contributed by atoms with van der Waals surface area (Å²) in [5, 5.41) is 12.3. The fourth-order valence-electron chi connectivity index (χ4n) is 6.74. The van der Waals surface area contributed by atoms with Crippen LogP contribution in [0.1, 0.15) is 81.9 Å². The Labute approximate surface area is 293 Å². The third-order valence-electron chi connectivity index (χ3n) is 10.2. The van der Waals surface area contributed by atoms with Gasteiger partial charge in [0.15, 0.2) is 5.78 Å². The fraction of sp³-hybridized carbons (Fsp3) is 0.417. The van der Waals surface area contributed by atoms with E-state index in [0.717, 1.165) is 6.07 Å². The molecular formula is C36H35BClF3N4O5. The molecule has 260 valence electrons. The molecule has 3 aliphatic rings. The van der Waals surface area contributed by atoms with E-state index in [9.17, 15) is 28.4 Å². The van der Waals surface area contributed by atoms with Crippen LogP contribution in [0.2, 0.25) is 5.02 Å². The number of nitriles is 1. The van der Waals surface area contributed by atoms with Gasteiger partial charge in [-0.2, -0.15) is 5.26 Å². The number of nitrogens with zero attached hydrogens (tertiary/aromatic N) is 3. The molecule has 3 fully saturated rings. The molecular weight excluding hydrogens is 672 g/mol. The summed E-state index contributed by atoms with van der Waals surface area (Å²) in [5.41, 5.74) is -0.936. The maximum atomic E-state index is 16.2. The summed E-state index contributed by atoms with van der Waals surface area (Å²) in [6.45, 7) is 7.31. The maximum absolute atomic E-state index is 16.2. The number of Topliss-reactive ketones (excluding diaryl/α,β-unsaturated/α-hetero) is 1. The number of ketones is 1. The second-order valence-corrected chi connectivity index (χ2v) is 14.5. The van der Waals surface area contributed by atoms with E-state index in [2.05, 4.69) is 10.3 Å². The van der Waals surface area contributed by atoms with Crippen molar-refractivity contribution in [1.82, 2.24) is 10.3 Å². The Kier molecular flexibility index (Phi) is 9.35. The summed E-state index contributed by atoms with van der Waals surface area (Å²) in [5.74, 6) is -8.30. The lowest BCUT2D eigenvalue weighted by Crippen LogP contribution is -2.53. The lowest BCUT2D eigenvalue weighted by molar-refractivity contribution is -0.134. The van der Waals surface area contributed by atoms with Crippen molar-refractivity contribution in [3.05, 3.63) is 88.3 Å². The van der Waals surface area contributed by atoms with Gasteiger partial charge in [-0.1, -0.05) is 41.9 Å². The zero-order chi connectivity index (χ0) is 36.2. The first-order chi connectivity index (χ1) is 23.5. The zero-order valence-corrected chi connectivity index (χ0v) is 28.6. The third-order valence-corrected chi connectivity index (χ3v) is 10.5. The first kappa shape index (κ1) is 35.6. The molecule has 3 heterocycles. The number of alkyl halides is 2. The van der Waals surface area contributed by atoms with Crippen LogP contribution in [0.15, 0.2) is 60.8 Å². The Morgan fingerprint density at radius 3 is 2.36 bits per heavy atom. The molecule has 2 aromatic carbocycles. The normalized spacial score (nSPS) is 22.1. The van der Waals surface area contributed by atoms with Crippen molar-refractivity contribution >= 4 is 47.6 Å². The largest absolute Gasteiger partial charge is 0.497 e. The Bertz CT molecular complexity index is 1880. The number of hydrogen-bond donors (Lipinski definition) is 1. The third kappa shape index (κ3) is 6.64. The highest BCUT2D eigenvalue weighted by Gasteiger charge is 2.53. The molecule has 2 aliphatic heterocycles. The molecule has 0 spiro atoms. The second kappa shape index (κ2) is 13.1. The molecule has 3 atom stereocenters. The van der Waals surface area contributed by atoms with Gasteiger partial charge in [-0.25, -0.2) is 18.2 Å². The number of pyridine rings is 1. The van der Waals surface area contributed by atoms with E-state index < -0.39 is 84.4 Å². The number of hydrogen-bond acceptors (Lipinski definition) is 7. The quantitative estimate of drug-likeness (QED) is 0.288. The summed E-state index contributed by atoms with van der Waals surface area (Å²) in [6, 6.07) is 13.2. The van der Waals surface area contributed by atoms with Crippen LogP contribution in [0.25, 0.3) is 0 Å². The van der Waals surface area contributed by atoms with Crippen molar-refractivity contribution in [2.75, 3.05) is 4.90 Å². The molecule has 6 rings (SSSR count). The molecule has 2 saturated heterocycles. The average molecular weight is 707 g/mol. The van der Waals surface area contributed by atoms with Crippen molar-refractivity contribution in [2.45, 2.75) is 94.4 Å². The first-order valence-electron chi connectivity index (χ1n) is 16.3. The highest BCUT2D eigenvalue weighted by Crippen LogP contribution is 2.43. The highest BCUT2D eigenvalue weighted by atomic mass is 35.5. The molecule has 9 nitrogen and oxygen atoms in total. The first-order valence-corrected chi connectivity index (χ1v) is 16.7. The predicted molar refractivity (Wildman–Crippen MR) is 180 cm³/mol. The molecule has 0 bridgehead atoms. The Hall–Kier alpha value is -4.25. The van der Waals surface area contributed by atoms with E-state index >= 15 is 4.39 Å². The number of nitrogens with one attached hydrogen (secondary N) is 1. The van der Waals surface area contributed by atoms with Gasteiger partial charge in [0.25, 0.3) is 5.92 Å². The number of anilines is 1. The number of benzene rings is 2. The summed E-state index contributed by atoms with van der Waals surface area (Å²) >= 11 is 6.64. The second-order valence-electron chi connectivity index (χ2n) is 14.1. The summed E-state index contributed by atoms with van der Waals surface area (Å²) in [6.07, 6.45) is 0.214. The van der Waals surface area contributed by atoms with Crippen LogP contribution in [-0.4, -0.2) is 58.9 Å². The van der Waals surface area contributed by atoms with Crippen LogP contribution in [-0.2, 0) is 23.7 Å². The number of rotatable bonds is 9. The number of aromatic nitrogens is 1. The van der Waals surface area contributed by atoms with Crippen LogP contribution < -0.4 is 15.7 Å². The van der Waals surface area contributed by atoms with Gasteiger partial charge in [0.2, 0.25) is 11.8 Å². The number of halogens is 4. The molecule has 1 unspecified atom stereocenters. The molecule has 1 N–H and O–H groups in total. The van der Waals surface area contributed by atoms with Gasteiger partial charge >= 0.3 is 7.12 Å². The topological polar surface area (TPSA) is 122 Å². The fourth-order valence-corrected chi connectivity index (χ4v) is 6.99. The maximum Gasteiger partial charge on any atom is 0.497 e. The highest BCUT2D eigenvalue weighted by molar-refractivity contribution is 6.62. The van der Waals surface area contributed by atoms with Crippen molar-refractivity contribution in [1.29, 1.82) is 5.26 Å². The van der Waals surface area contributed by atoms with Crippen molar-refractivity contribution < 1.29 is 36.9 Å². The van der Waals surface area contributed by atoms with Gasteiger partial charge in [-0.15, -0.1) is 0 Å². The summed E-state index contributed by atoms with van der Waals surface area (Å²) in [4.78, 5) is 47.9. The summed E-state index contributed by atoms with van der Waals surface area (Å²) in [7, 11) is -1.06. The van der Waals surface area contributed by atoms with Gasteiger partial charge in [0.05, 0.1) is 40.7 Å². The molecule has 2 amide bonds. The molecule has 50 heavy (non-hydrogen) atoms. The molecule has 1 aliphatic carbocycles. The van der Waals surface area contributed by atoms with E-state index in [1.54, 1.807) is 18.2 Å². The van der Waals surface area contributed by atoms with Crippen molar-refractivity contribution in [3.63, 3.8) is 0 Å². The van der Waals surface area contributed by atoms with Crippen LogP contribution in [0.4, 0.5) is 19.0 Å². The van der Waals surface area contributed by atoms with E-state index in [1.807, 2.05) is 33.8 Å². The van der Waals surface area contributed by atoms with E-state index in [1.165, 1.54) is 41.4 Å². The lowest BCUT2D eigenvalue weighted by atomic mass is 9.73. The van der Waals surface area contributed by atoms with Crippen LogP contribution >= 0.6 is 11.6 Å². The lowest BCUT2D eigenvalue weighted by Gasteiger charge is -2.37. The van der Waals surface area contributed by atoms with E-state index in [0.29, 0.717) is 0 Å². The van der Waals surface area contributed by atoms with Crippen LogP contribution in [0, 0.1) is 17.1 Å². The Morgan fingerprint density at radius 1 is 1.06 bits per heavy atom. The molecule has 0 radical (unpaired) electrons. The minimum atomic E-state index is -2.94. The number of carbonyl (C=O) groups is 3. The molecule has 1 saturated carbocycles. The van der Waals surface area contributed by atoms with Crippen LogP contribution in [0.5, 0.6) is 0 Å². The molecule has 1 aromatic heterocycles. The number of amides is 2. The minimum Gasteiger partial charge on any atom is -0.399 e. The van der Waals surface area contributed by atoms with Gasteiger partial charge in [0.1, 0.15) is 11.6 Å². The van der Waals surface area contributed by atoms with Crippen LogP contribution in [0.3, 0.4) is 0 Å². The average Bonchev–Trinajstić information content (AvgIpc) is 3.53. The van der Waals surface area contributed by atoms with Gasteiger partial charge < -0.3 is 14.6 Å². The monoisotopic (exact) mass is 706 g/mol.